The standard InChI is InChI=1S/C19H16N2O3S/c1-23-14-6-2-5-13(11-14)15-12-16(18-8-4-10-25-18)21(20-15)19(22)17-7-3-9-24-17/h2-11,16H,12H2,1H3. The van der Waals surface area contributed by atoms with Crippen molar-refractivity contribution in [2.24, 2.45) is 5.10 Å². The summed E-state index contributed by atoms with van der Waals surface area (Å²) in [6, 6.07) is 15.0. The molecule has 1 unspecified atom stereocenters. The summed E-state index contributed by atoms with van der Waals surface area (Å²) in [5.41, 5.74) is 1.81. The lowest BCUT2D eigenvalue weighted by Crippen LogP contribution is -2.26. The van der Waals surface area contributed by atoms with Crippen molar-refractivity contribution in [3.63, 3.8) is 0 Å². The second kappa shape index (κ2) is 6.57. The van der Waals surface area contributed by atoms with Crippen LogP contribution in [0.5, 0.6) is 5.75 Å². The topological polar surface area (TPSA) is 55.0 Å². The molecule has 2 aromatic heterocycles. The van der Waals surface area contributed by atoms with Gasteiger partial charge in [0.05, 0.1) is 25.1 Å². The maximum absolute atomic E-state index is 12.8. The van der Waals surface area contributed by atoms with Crippen LogP contribution in [-0.4, -0.2) is 23.7 Å². The molecule has 1 aliphatic rings. The number of furan rings is 1. The Hall–Kier alpha value is -2.86. The summed E-state index contributed by atoms with van der Waals surface area (Å²) in [7, 11) is 1.64. The van der Waals surface area contributed by atoms with Crippen molar-refractivity contribution in [3.8, 4) is 5.75 Å². The third-order valence-corrected chi connectivity index (χ3v) is 5.10. The lowest BCUT2D eigenvalue weighted by Gasteiger charge is -2.19. The van der Waals surface area contributed by atoms with Gasteiger partial charge in [-0.15, -0.1) is 11.3 Å². The monoisotopic (exact) mass is 352 g/mol. The van der Waals surface area contributed by atoms with Crippen molar-refractivity contribution in [1.29, 1.82) is 0 Å². The number of hydrazone groups is 1. The van der Waals surface area contributed by atoms with Crippen molar-refractivity contribution in [3.05, 3.63) is 76.4 Å². The van der Waals surface area contributed by atoms with Gasteiger partial charge in [-0.1, -0.05) is 18.2 Å². The fraction of sp³-hybridized carbons (Fsp3) is 0.158. The first-order chi connectivity index (χ1) is 12.3. The Bertz CT molecular complexity index is 901. The molecule has 0 aliphatic carbocycles. The first kappa shape index (κ1) is 15.7. The molecule has 1 aliphatic heterocycles. The highest BCUT2D eigenvalue weighted by Gasteiger charge is 2.35. The first-order valence-electron chi connectivity index (χ1n) is 7.88. The van der Waals surface area contributed by atoms with E-state index in [4.69, 9.17) is 9.15 Å². The molecule has 0 fully saturated rings. The molecule has 4 rings (SSSR count). The average molecular weight is 352 g/mol. The van der Waals surface area contributed by atoms with Crippen LogP contribution in [-0.2, 0) is 0 Å². The number of nitrogens with zero attached hydrogens (tertiary/aromatic N) is 2. The van der Waals surface area contributed by atoms with E-state index in [1.165, 1.54) is 11.3 Å². The van der Waals surface area contributed by atoms with Crippen molar-refractivity contribution in [1.82, 2.24) is 5.01 Å². The Kier molecular flexibility index (Phi) is 4.11. The summed E-state index contributed by atoms with van der Waals surface area (Å²) < 4.78 is 10.6. The fourth-order valence-corrected chi connectivity index (χ4v) is 3.70. The molecule has 5 nitrogen and oxygen atoms in total. The Balaban J connectivity index is 1.71. The third kappa shape index (κ3) is 2.96. The van der Waals surface area contributed by atoms with Crippen LogP contribution in [0.3, 0.4) is 0 Å². The first-order valence-corrected chi connectivity index (χ1v) is 8.76. The van der Waals surface area contributed by atoms with Crippen molar-refractivity contribution in [2.75, 3.05) is 7.11 Å². The fourth-order valence-electron chi connectivity index (χ4n) is 2.89. The molecule has 0 saturated heterocycles. The molecule has 0 N–H and O–H groups in total. The summed E-state index contributed by atoms with van der Waals surface area (Å²) in [6.07, 6.45) is 2.15. The van der Waals surface area contributed by atoms with Gasteiger partial charge in [0.2, 0.25) is 0 Å². The average Bonchev–Trinajstić information content (AvgIpc) is 3.42. The SMILES string of the molecule is COc1cccc(C2=NN(C(=O)c3ccco3)C(c3cccs3)C2)c1. The Morgan fingerprint density at radius 3 is 2.92 bits per heavy atom. The van der Waals surface area contributed by atoms with Gasteiger partial charge >= 0.3 is 5.91 Å². The molecule has 0 spiro atoms. The highest BCUT2D eigenvalue weighted by Crippen LogP contribution is 2.36. The minimum atomic E-state index is -0.235. The number of methoxy groups -OCH3 is 1. The molecular formula is C19H16N2O3S. The molecule has 0 radical (unpaired) electrons. The van der Waals surface area contributed by atoms with E-state index in [9.17, 15) is 4.79 Å². The molecule has 126 valence electrons. The van der Waals surface area contributed by atoms with Crippen LogP contribution in [0.2, 0.25) is 0 Å². The molecule has 0 bridgehead atoms. The molecule has 1 aromatic carbocycles. The minimum Gasteiger partial charge on any atom is -0.497 e. The van der Waals surface area contributed by atoms with Crippen LogP contribution in [0.4, 0.5) is 0 Å². The molecular weight excluding hydrogens is 336 g/mol. The molecule has 1 atom stereocenters. The van der Waals surface area contributed by atoms with Gasteiger partial charge in [-0.3, -0.25) is 4.79 Å². The van der Waals surface area contributed by atoms with E-state index in [-0.39, 0.29) is 17.7 Å². The van der Waals surface area contributed by atoms with Crippen LogP contribution < -0.4 is 4.74 Å². The van der Waals surface area contributed by atoms with Crippen LogP contribution in [0.25, 0.3) is 0 Å². The normalized spacial score (nSPS) is 16.8. The van der Waals surface area contributed by atoms with E-state index in [0.29, 0.717) is 6.42 Å². The number of thiophene rings is 1. The summed E-state index contributed by atoms with van der Waals surface area (Å²) in [4.78, 5) is 13.9. The van der Waals surface area contributed by atoms with Crippen LogP contribution in [0.1, 0.15) is 33.5 Å². The van der Waals surface area contributed by atoms with E-state index >= 15 is 0 Å². The molecule has 0 saturated carbocycles. The maximum Gasteiger partial charge on any atom is 0.310 e. The Labute approximate surface area is 149 Å². The molecule has 3 aromatic rings. The van der Waals surface area contributed by atoms with Gasteiger partial charge in [0, 0.05) is 16.9 Å². The van der Waals surface area contributed by atoms with E-state index < -0.39 is 0 Å². The maximum atomic E-state index is 12.8. The zero-order valence-corrected chi connectivity index (χ0v) is 14.4. The van der Waals surface area contributed by atoms with E-state index in [2.05, 4.69) is 5.10 Å². The summed E-state index contributed by atoms with van der Waals surface area (Å²) in [5.74, 6) is 0.821. The van der Waals surface area contributed by atoms with Crippen molar-refractivity contribution >= 4 is 23.0 Å². The van der Waals surface area contributed by atoms with Gasteiger partial charge in [0.15, 0.2) is 5.76 Å². The number of hydrogen-bond acceptors (Lipinski definition) is 5. The van der Waals surface area contributed by atoms with E-state index in [1.54, 1.807) is 30.6 Å². The zero-order chi connectivity index (χ0) is 17.2. The quantitative estimate of drug-likeness (QED) is 0.702. The number of carbonyl (C=O) groups is 1. The number of amides is 1. The molecule has 1 amide bonds. The number of ether oxygens (including phenoxy) is 1. The Morgan fingerprint density at radius 1 is 1.28 bits per heavy atom. The largest absolute Gasteiger partial charge is 0.497 e. The van der Waals surface area contributed by atoms with Gasteiger partial charge in [-0.25, -0.2) is 5.01 Å². The highest BCUT2D eigenvalue weighted by atomic mass is 32.1. The molecule has 6 heteroatoms. The Morgan fingerprint density at radius 2 is 2.20 bits per heavy atom. The number of benzene rings is 1. The predicted molar refractivity (Wildman–Crippen MR) is 96.1 cm³/mol. The summed E-state index contributed by atoms with van der Waals surface area (Å²) in [5, 5.41) is 8.15. The lowest BCUT2D eigenvalue weighted by atomic mass is 10.0. The summed E-state index contributed by atoms with van der Waals surface area (Å²) >= 11 is 1.62. The van der Waals surface area contributed by atoms with Crippen molar-refractivity contribution < 1.29 is 13.9 Å². The molecule has 3 heterocycles. The van der Waals surface area contributed by atoms with Gasteiger partial charge in [-0.05, 0) is 35.7 Å². The van der Waals surface area contributed by atoms with Gasteiger partial charge in [-0.2, -0.15) is 5.10 Å². The zero-order valence-electron chi connectivity index (χ0n) is 13.6. The van der Waals surface area contributed by atoms with Gasteiger partial charge in [0.25, 0.3) is 0 Å². The van der Waals surface area contributed by atoms with Gasteiger partial charge < -0.3 is 9.15 Å². The van der Waals surface area contributed by atoms with Crippen molar-refractivity contribution in [2.45, 2.75) is 12.5 Å². The lowest BCUT2D eigenvalue weighted by molar-refractivity contribution is 0.0681. The predicted octanol–water partition coefficient (Wildman–Crippen LogP) is 4.34. The minimum absolute atomic E-state index is 0.126. The van der Waals surface area contributed by atoms with Crippen LogP contribution in [0.15, 0.2) is 69.7 Å². The number of hydrogen-bond donors (Lipinski definition) is 0. The second-order valence-corrected chi connectivity index (χ2v) is 6.62. The van der Waals surface area contributed by atoms with Crippen LogP contribution >= 0.6 is 11.3 Å². The molecule has 25 heavy (non-hydrogen) atoms. The number of carbonyl (C=O) groups excluding carboxylic acids is 1. The number of rotatable bonds is 4. The van der Waals surface area contributed by atoms with E-state index in [0.717, 1.165) is 21.9 Å². The highest BCUT2D eigenvalue weighted by molar-refractivity contribution is 7.10. The second-order valence-electron chi connectivity index (χ2n) is 5.64. The third-order valence-electron chi connectivity index (χ3n) is 4.12. The summed E-state index contributed by atoms with van der Waals surface area (Å²) in [6.45, 7) is 0. The van der Waals surface area contributed by atoms with Crippen LogP contribution in [0, 0.1) is 0 Å². The van der Waals surface area contributed by atoms with Gasteiger partial charge in [0.1, 0.15) is 5.75 Å². The van der Waals surface area contributed by atoms with E-state index in [1.807, 2.05) is 41.8 Å². The smallest absolute Gasteiger partial charge is 0.310 e.